The maximum Gasteiger partial charge on any atom is 0.159 e. The number of benzene rings is 1. The van der Waals surface area contributed by atoms with E-state index in [1.54, 1.807) is 6.08 Å². The highest BCUT2D eigenvalue weighted by atomic mass is 19.2. The predicted octanol–water partition coefficient (Wildman–Crippen LogP) is 3.58. The molecule has 0 saturated heterocycles. The zero-order valence-corrected chi connectivity index (χ0v) is 9.94. The minimum atomic E-state index is -0.897. The Balaban J connectivity index is 2.51. The third-order valence-electron chi connectivity index (χ3n) is 2.44. The molecule has 0 radical (unpaired) electrons. The molecular weight excluding hydrogens is 240 g/mol. The average Bonchev–Trinajstić information content (AvgIpc) is 2.37. The van der Waals surface area contributed by atoms with Crippen molar-refractivity contribution >= 4 is 0 Å². The van der Waals surface area contributed by atoms with Gasteiger partial charge in [-0.1, -0.05) is 17.3 Å². The number of hydrogen-bond acceptors (Lipinski definition) is 3. The normalized spacial score (nSPS) is 12.1. The van der Waals surface area contributed by atoms with Gasteiger partial charge in [-0.05, 0) is 30.5 Å². The highest BCUT2D eigenvalue weighted by Gasteiger charge is 2.09. The van der Waals surface area contributed by atoms with Gasteiger partial charge in [0.25, 0.3) is 0 Å². The molecule has 0 aliphatic rings. The van der Waals surface area contributed by atoms with Gasteiger partial charge in [-0.25, -0.2) is 8.78 Å². The summed E-state index contributed by atoms with van der Waals surface area (Å²) < 4.78 is 31.2. The van der Waals surface area contributed by atoms with E-state index in [0.717, 1.165) is 12.1 Å². The Morgan fingerprint density at radius 3 is 2.78 bits per heavy atom. The Kier molecular flexibility index (Phi) is 6.14. The topological polar surface area (TPSA) is 38.7 Å². The van der Waals surface area contributed by atoms with E-state index >= 15 is 0 Å². The summed E-state index contributed by atoms with van der Waals surface area (Å²) in [6.07, 6.45) is 2.56. The van der Waals surface area contributed by atoms with Gasteiger partial charge in [0.15, 0.2) is 11.6 Å². The summed E-state index contributed by atoms with van der Waals surface area (Å²) in [5, 5.41) is 2.76. The van der Waals surface area contributed by atoms with Crippen molar-refractivity contribution in [3.63, 3.8) is 0 Å². The van der Waals surface area contributed by atoms with Crippen molar-refractivity contribution < 1.29 is 13.5 Å². The maximum atomic E-state index is 13.0. The fraction of sp³-hybridized carbons (Fsp3) is 0.385. The molecule has 0 aromatic heterocycles. The Morgan fingerprint density at radius 2 is 2.17 bits per heavy atom. The molecule has 0 N–H and O–H groups in total. The minimum Gasteiger partial charge on any atom is -0.373 e. The van der Waals surface area contributed by atoms with Crippen LogP contribution in [0.4, 0.5) is 8.78 Å². The second kappa shape index (κ2) is 7.66. The van der Waals surface area contributed by atoms with E-state index in [1.807, 2.05) is 0 Å². The lowest BCUT2D eigenvalue weighted by molar-refractivity contribution is 0.0386. The van der Waals surface area contributed by atoms with E-state index in [9.17, 15) is 13.7 Å². The number of nitroso groups, excluding NO2 is 1. The van der Waals surface area contributed by atoms with Crippen LogP contribution in [0.15, 0.2) is 36.0 Å². The molecule has 0 fully saturated rings. The number of halogens is 2. The van der Waals surface area contributed by atoms with Gasteiger partial charge in [0.1, 0.15) is 0 Å². The molecule has 0 aliphatic carbocycles. The third-order valence-corrected chi connectivity index (χ3v) is 2.44. The van der Waals surface area contributed by atoms with Crippen molar-refractivity contribution in [1.29, 1.82) is 0 Å². The van der Waals surface area contributed by atoms with Crippen LogP contribution in [0.5, 0.6) is 0 Å². The molecule has 0 amide bonds. The summed E-state index contributed by atoms with van der Waals surface area (Å²) in [6, 6.07) is 3.61. The second-order valence-corrected chi connectivity index (χ2v) is 3.85. The van der Waals surface area contributed by atoms with E-state index in [1.165, 1.54) is 6.07 Å². The van der Waals surface area contributed by atoms with Crippen molar-refractivity contribution in [2.45, 2.75) is 25.6 Å². The standard InChI is InChI=1S/C13H15F2NO2/c1-2-3-11(6-7-16-17)18-9-10-4-5-12(14)13(15)8-10/h2,4-5,8,11H,1,3,6-7,9H2. The highest BCUT2D eigenvalue weighted by molar-refractivity contribution is 5.16. The van der Waals surface area contributed by atoms with E-state index < -0.39 is 11.6 Å². The van der Waals surface area contributed by atoms with E-state index in [-0.39, 0.29) is 19.3 Å². The lowest BCUT2D eigenvalue weighted by Gasteiger charge is -2.14. The van der Waals surface area contributed by atoms with Gasteiger partial charge in [-0.3, -0.25) is 0 Å². The molecule has 1 aromatic carbocycles. The SMILES string of the molecule is C=CCC(CCN=O)OCc1ccc(F)c(F)c1. The Morgan fingerprint density at radius 1 is 1.39 bits per heavy atom. The number of hydrogen-bond donors (Lipinski definition) is 0. The first kappa shape index (κ1) is 14.4. The monoisotopic (exact) mass is 255 g/mol. The minimum absolute atomic E-state index is 0.161. The van der Waals surface area contributed by atoms with E-state index in [2.05, 4.69) is 11.8 Å². The maximum absolute atomic E-state index is 13.0. The summed E-state index contributed by atoms with van der Waals surface area (Å²) in [7, 11) is 0. The van der Waals surface area contributed by atoms with Gasteiger partial charge in [0.05, 0.1) is 19.3 Å². The molecule has 5 heteroatoms. The van der Waals surface area contributed by atoms with Crippen molar-refractivity contribution in [1.82, 2.24) is 0 Å². The molecule has 1 rings (SSSR count). The Hall–Kier alpha value is -1.62. The molecule has 0 spiro atoms. The highest BCUT2D eigenvalue weighted by Crippen LogP contribution is 2.13. The summed E-state index contributed by atoms with van der Waals surface area (Å²) in [6.45, 7) is 3.92. The molecule has 98 valence electrons. The van der Waals surface area contributed by atoms with Crippen LogP contribution in [-0.4, -0.2) is 12.6 Å². The van der Waals surface area contributed by atoms with Crippen LogP contribution in [0, 0.1) is 16.5 Å². The first-order valence-electron chi connectivity index (χ1n) is 5.63. The molecule has 1 atom stereocenters. The summed E-state index contributed by atoms with van der Waals surface area (Å²) in [4.78, 5) is 10.0. The first-order valence-corrected chi connectivity index (χ1v) is 5.63. The van der Waals surface area contributed by atoms with Gasteiger partial charge in [-0.2, -0.15) is 4.91 Å². The lowest BCUT2D eigenvalue weighted by atomic mass is 10.1. The van der Waals surface area contributed by atoms with Gasteiger partial charge in [-0.15, -0.1) is 6.58 Å². The van der Waals surface area contributed by atoms with Crippen molar-refractivity contribution in [2.75, 3.05) is 6.54 Å². The summed E-state index contributed by atoms with van der Waals surface area (Å²) in [5.74, 6) is -1.78. The molecule has 18 heavy (non-hydrogen) atoms. The van der Waals surface area contributed by atoms with Crippen LogP contribution < -0.4 is 0 Å². The molecule has 1 aromatic rings. The smallest absolute Gasteiger partial charge is 0.159 e. The van der Waals surface area contributed by atoms with E-state index in [0.29, 0.717) is 18.4 Å². The summed E-state index contributed by atoms with van der Waals surface area (Å²) in [5.41, 5.74) is 0.544. The van der Waals surface area contributed by atoms with Crippen LogP contribution in [0.3, 0.4) is 0 Å². The van der Waals surface area contributed by atoms with Gasteiger partial charge in [0.2, 0.25) is 0 Å². The van der Waals surface area contributed by atoms with Gasteiger partial charge < -0.3 is 4.74 Å². The Labute approximate surface area is 104 Å². The molecule has 1 unspecified atom stereocenters. The van der Waals surface area contributed by atoms with Gasteiger partial charge >= 0.3 is 0 Å². The molecule has 0 aliphatic heterocycles. The molecule has 0 saturated carbocycles. The van der Waals surface area contributed by atoms with E-state index in [4.69, 9.17) is 4.74 Å². The predicted molar refractivity (Wildman–Crippen MR) is 65.0 cm³/mol. The van der Waals surface area contributed by atoms with Gasteiger partial charge in [0, 0.05) is 0 Å². The lowest BCUT2D eigenvalue weighted by Crippen LogP contribution is -2.13. The number of nitrogens with zero attached hydrogens (tertiary/aromatic N) is 1. The average molecular weight is 255 g/mol. The van der Waals surface area contributed by atoms with Crippen molar-refractivity contribution in [2.24, 2.45) is 5.18 Å². The fourth-order valence-corrected chi connectivity index (χ4v) is 1.50. The molecular formula is C13H15F2NO2. The Bertz CT molecular complexity index is 410. The third kappa shape index (κ3) is 4.71. The van der Waals surface area contributed by atoms with Crippen LogP contribution in [0.25, 0.3) is 0 Å². The molecule has 0 bridgehead atoms. The van der Waals surface area contributed by atoms with Crippen LogP contribution >= 0.6 is 0 Å². The number of ether oxygens (including phenoxy) is 1. The number of rotatable bonds is 8. The van der Waals surface area contributed by atoms with Crippen LogP contribution in [0.2, 0.25) is 0 Å². The summed E-state index contributed by atoms with van der Waals surface area (Å²) >= 11 is 0. The molecule has 0 heterocycles. The van der Waals surface area contributed by atoms with Crippen molar-refractivity contribution in [3.05, 3.63) is 53.0 Å². The quantitative estimate of drug-likeness (QED) is 0.526. The second-order valence-electron chi connectivity index (χ2n) is 3.85. The zero-order valence-electron chi connectivity index (χ0n) is 9.94. The van der Waals surface area contributed by atoms with Crippen molar-refractivity contribution in [3.8, 4) is 0 Å². The molecule has 3 nitrogen and oxygen atoms in total. The van der Waals surface area contributed by atoms with Crippen LogP contribution in [0.1, 0.15) is 18.4 Å². The first-order chi connectivity index (χ1) is 8.67. The van der Waals surface area contributed by atoms with Crippen LogP contribution in [-0.2, 0) is 11.3 Å². The fourth-order valence-electron chi connectivity index (χ4n) is 1.50. The largest absolute Gasteiger partial charge is 0.373 e. The zero-order chi connectivity index (χ0) is 13.4.